The average molecular weight is 293 g/mol. The zero-order chi connectivity index (χ0) is 12.0. The van der Waals surface area contributed by atoms with Gasteiger partial charge in [0.1, 0.15) is 0 Å². The topological polar surface area (TPSA) is 76.5 Å². The summed E-state index contributed by atoms with van der Waals surface area (Å²) in [6.07, 6.45) is 3.44. The molecule has 1 aliphatic heterocycles. The van der Waals surface area contributed by atoms with Crippen molar-refractivity contribution in [2.45, 2.75) is 24.0 Å². The first-order chi connectivity index (χ1) is 8.09. The number of rotatable bonds is 2. The standard InChI is InChI=1S/C11H16N2O3S.ClH/c12-10-4-3-8-6-13(7-9(8)10)17(14,15)11-2-1-5-16-11;/h1-2,5,8-10H,3-4,6-7,12H2;1H. The third kappa shape index (κ3) is 2.07. The highest BCUT2D eigenvalue weighted by atomic mass is 35.5. The van der Waals surface area contributed by atoms with Crippen LogP contribution in [0.5, 0.6) is 0 Å². The second-order valence-electron chi connectivity index (χ2n) is 4.92. The minimum Gasteiger partial charge on any atom is -0.452 e. The first-order valence-corrected chi connectivity index (χ1v) is 7.32. The summed E-state index contributed by atoms with van der Waals surface area (Å²) in [6, 6.07) is 3.23. The molecule has 102 valence electrons. The molecule has 2 heterocycles. The van der Waals surface area contributed by atoms with Gasteiger partial charge >= 0.3 is 0 Å². The Morgan fingerprint density at radius 2 is 2.11 bits per heavy atom. The molecule has 1 saturated heterocycles. The van der Waals surface area contributed by atoms with Gasteiger partial charge in [0.2, 0.25) is 5.09 Å². The molecule has 0 radical (unpaired) electrons. The van der Waals surface area contributed by atoms with Gasteiger partial charge in [-0.3, -0.25) is 0 Å². The third-order valence-corrected chi connectivity index (χ3v) is 5.69. The monoisotopic (exact) mass is 292 g/mol. The summed E-state index contributed by atoms with van der Waals surface area (Å²) in [5, 5.41) is 0.0334. The van der Waals surface area contributed by atoms with Crippen molar-refractivity contribution >= 4 is 22.4 Å². The van der Waals surface area contributed by atoms with E-state index in [4.69, 9.17) is 10.2 Å². The molecule has 0 aromatic carbocycles. The molecule has 1 aliphatic carbocycles. The largest absolute Gasteiger partial charge is 0.452 e. The molecule has 1 aromatic rings. The Bertz CT molecular complexity index is 502. The fraction of sp³-hybridized carbons (Fsp3) is 0.636. The van der Waals surface area contributed by atoms with Crippen LogP contribution in [0.2, 0.25) is 0 Å². The lowest BCUT2D eigenvalue weighted by Crippen LogP contribution is -2.33. The van der Waals surface area contributed by atoms with Crippen molar-refractivity contribution in [2.75, 3.05) is 13.1 Å². The molecule has 3 rings (SSSR count). The third-order valence-electron chi connectivity index (χ3n) is 3.97. The number of hydrogen-bond acceptors (Lipinski definition) is 4. The van der Waals surface area contributed by atoms with Gasteiger partial charge in [-0.05, 0) is 36.8 Å². The van der Waals surface area contributed by atoms with Gasteiger partial charge in [-0.25, -0.2) is 8.42 Å². The molecule has 3 unspecified atom stereocenters. The first kappa shape index (κ1) is 13.9. The molecule has 5 nitrogen and oxygen atoms in total. The van der Waals surface area contributed by atoms with Crippen LogP contribution in [0.4, 0.5) is 0 Å². The molecule has 7 heteroatoms. The number of sulfonamides is 1. The Kier molecular flexibility index (Phi) is 3.73. The van der Waals surface area contributed by atoms with Crippen LogP contribution in [0, 0.1) is 11.8 Å². The number of halogens is 1. The van der Waals surface area contributed by atoms with E-state index in [0.717, 1.165) is 12.8 Å². The van der Waals surface area contributed by atoms with Gasteiger partial charge in [0, 0.05) is 19.1 Å². The molecular formula is C11H17ClN2O3S. The zero-order valence-electron chi connectivity index (χ0n) is 9.86. The van der Waals surface area contributed by atoms with Crippen LogP contribution in [0.3, 0.4) is 0 Å². The van der Waals surface area contributed by atoms with Gasteiger partial charge < -0.3 is 10.2 Å². The molecule has 18 heavy (non-hydrogen) atoms. The molecule has 1 aromatic heterocycles. The van der Waals surface area contributed by atoms with E-state index in [-0.39, 0.29) is 23.5 Å². The SMILES string of the molecule is Cl.NC1CCC2CN(S(=O)(=O)c3ccco3)CC12. The van der Waals surface area contributed by atoms with E-state index in [1.165, 1.54) is 16.6 Å². The van der Waals surface area contributed by atoms with E-state index in [1.54, 1.807) is 6.07 Å². The summed E-state index contributed by atoms with van der Waals surface area (Å²) < 4.78 is 31.0. The molecule has 0 amide bonds. The fourth-order valence-corrected chi connectivity index (χ4v) is 4.44. The Balaban J connectivity index is 0.00000120. The molecule has 2 fully saturated rings. The van der Waals surface area contributed by atoms with Crippen molar-refractivity contribution in [2.24, 2.45) is 17.6 Å². The van der Waals surface area contributed by atoms with Crippen molar-refractivity contribution in [3.8, 4) is 0 Å². The summed E-state index contributed by atoms with van der Waals surface area (Å²) in [7, 11) is -3.45. The van der Waals surface area contributed by atoms with E-state index < -0.39 is 10.0 Å². The molecule has 2 aliphatic rings. The Labute approximate surface area is 113 Å². The number of nitrogens with two attached hydrogens (primary N) is 1. The second-order valence-corrected chi connectivity index (χ2v) is 6.79. The molecule has 1 saturated carbocycles. The van der Waals surface area contributed by atoms with Gasteiger partial charge in [0.15, 0.2) is 0 Å². The van der Waals surface area contributed by atoms with Gasteiger partial charge in [-0.15, -0.1) is 12.4 Å². The van der Waals surface area contributed by atoms with Crippen molar-refractivity contribution in [1.82, 2.24) is 4.31 Å². The summed E-state index contributed by atoms with van der Waals surface area (Å²) in [5.41, 5.74) is 6.00. The predicted molar refractivity (Wildman–Crippen MR) is 68.9 cm³/mol. The minimum atomic E-state index is -3.45. The smallest absolute Gasteiger partial charge is 0.276 e. The van der Waals surface area contributed by atoms with Crippen molar-refractivity contribution in [1.29, 1.82) is 0 Å². The normalized spacial score (nSPS) is 32.2. The molecule has 0 bridgehead atoms. The number of fused-ring (bicyclic) bond motifs is 1. The van der Waals surface area contributed by atoms with Gasteiger partial charge in [-0.2, -0.15) is 4.31 Å². The van der Waals surface area contributed by atoms with Crippen molar-refractivity contribution in [3.05, 3.63) is 18.4 Å². The van der Waals surface area contributed by atoms with E-state index in [1.807, 2.05) is 0 Å². The quantitative estimate of drug-likeness (QED) is 0.884. The van der Waals surface area contributed by atoms with E-state index in [0.29, 0.717) is 24.9 Å². The molecular weight excluding hydrogens is 276 g/mol. The second kappa shape index (κ2) is 4.85. The van der Waals surface area contributed by atoms with Crippen LogP contribution >= 0.6 is 12.4 Å². The highest BCUT2D eigenvalue weighted by Gasteiger charge is 2.45. The lowest BCUT2D eigenvalue weighted by Gasteiger charge is -2.16. The van der Waals surface area contributed by atoms with Crippen molar-refractivity contribution in [3.63, 3.8) is 0 Å². The Hall–Kier alpha value is -0.560. The highest BCUT2D eigenvalue weighted by molar-refractivity contribution is 7.89. The first-order valence-electron chi connectivity index (χ1n) is 5.88. The van der Waals surface area contributed by atoms with E-state index in [9.17, 15) is 8.42 Å². The van der Waals surface area contributed by atoms with Crippen LogP contribution in [-0.4, -0.2) is 31.9 Å². The maximum Gasteiger partial charge on any atom is 0.276 e. The van der Waals surface area contributed by atoms with Gasteiger partial charge in [-0.1, -0.05) is 0 Å². The minimum absolute atomic E-state index is 0. The zero-order valence-corrected chi connectivity index (χ0v) is 11.5. The Morgan fingerprint density at radius 1 is 1.33 bits per heavy atom. The van der Waals surface area contributed by atoms with Crippen LogP contribution in [0.25, 0.3) is 0 Å². The van der Waals surface area contributed by atoms with Crippen LogP contribution in [0.15, 0.2) is 27.9 Å². The maximum atomic E-state index is 12.2. The Morgan fingerprint density at radius 3 is 2.72 bits per heavy atom. The number of furan rings is 1. The van der Waals surface area contributed by atoms with Crippen LogP contribution in [0.1, 0.15) is 12.8 Å². The fourth-order valence-electron chi connectivity index (χ4n) is 3.00. The summed E-state index contributed by atoms with van der Waals surface area (Å²) >= 11 is 0. The van der Waals surface area contributed by atoms with E-state index >= 15 is 0 Å². The molecule has 0 spiro atoms. The van der Waals surface area contributed by atoms with E-state index in [2.05, 4.69) is 0 Å². The lowest BCUT2D eigenvalue weighted by molar-refractivity contribution is 0.393. The van der Waals surface area contributed by atoms with Crippen LogP contribution < -0.4 is 5.73 Å². The summed E-state index contributed by atoms with van der Waals surface area (Å²) in [4.78, 5) is 0. The average Bonchev–Trinajstić information content (AvgIpc) is 2.96. The summed E-state index contributed by atoms with van der Waals surface area (Å²) in [5.74, 6) is 0.745. The summed E-state index contributed by atoms with van der Waals surface area (Å²) in [6.45, 7) is 1.12. The molecule has 3 atom stereocenters. The van der Waals surface area contributed by atoms with Gasteiger partial charge in [0.25, 0.3) is 10.0 Å². The van der Waals surface area contributed by atoms with Crippen LogP contribution in [-0.2, 0) is 10.0 Å². The number of hydrogen-bond donors (Lipinski definition) is 1. The number of nitrogens with zero attached hydrogens (tertiary/aromatic N) is 1. The van der Waals surface area contributed by atoms with Crippen molar-refractivity contribution < 1.29 is 12.8 Å². The molecule has 2 N–H and O–H groups in total. The maximum absolute atomic E-state index is 12.2. The van der Waals surface area contributed by atoms with Gasteiger partial charge in [0.05, 0.1) is 6.26 Å². The lowest BCUT2D eigenvalue weighted by atomic mass is 9.98. The highest BCUT2D eigenvalue weighted by Crippen LogP contribution is 2.39. The predicted octanol–water partition coefficient (Wildman–Crippen LogP) is 1.06.